The largest absolute Gasteiger partial charge is 0.472 e. The Morgan fingerprint density at radius 1 is 1.58 bits per heavy atom. The fourth-order valence-electron chi connectivity index (χ4n) is 2.99. The normalized spacial score (nSPS) is 25.6. The predicted molar refractivity (Wildman–Crippen MR) is 91.5 cm³/mol. The summed E-state index contributed by atoms with van der Waals surface area (Å²) in [5, 5.41) is 10.6. The number of aliphatic hydroxyl groups is 1. The topological polar surface area (TPSA) is 162 Å². The summed E-state index contributed by atoms with van der Waals surface area (Å²) < 4.78 is 27.9. The van der Waals surface area contributed by atoms with Gasteiger partial charge in [0, 0.05) is 19.7 Å². The van der Waals surface area contributed by atoms with Crippen molar-refractivity contribution in [2.24, 2.45) is 0 Å². The van der Waals surface area contributed by atoms with Crippen LogP contribution in [-0.2, 0) is 24.8 Å². The molecule has 1 unspecified atom stereocenters. The van der Waals surface area contributed by atoms with E-state index in [1.165, 1.54) is 0 Å². The van der Waals surface area contributed by atoms with Gasteiger partial charge in [-0.15, -0.1) is 0 Å². The number of H-pyrrole nitrogens is 1. The van der Waals surface area contributed by atoms with Gasteiger partial charge in [-0.1, -0.05) is 6.92 Å². The van der Waals surface area contributed by atoms with Crippen LogP contribution in [0.2, 0.25) is 0 Å². The highest BCUT2D eigenvalue weighted by Crippen LogP contribution is 2.43. The number of hydrogen-bond acceptors (Lipinski definition) is 8. The Hall–Kier alpha value is -1.75. The molecule has 12 heteroatoms. The minimum atomic E-state index is -4.17. The number of nitrogens with two attached hydrogens (primary N) is 1. The summed E-state index contributed by atoms with van der Waals surface area (Å²) in [4.78, 5) is 28.2. The van der Waals surface area contributed by atoms with Crippen molar-refractivity contribution < 1.29 is 28.3 Å². The highest BCUT2D eigenvalue weighted by Gasteiger charge is 2.37. The Morgan fingerprint density at radius 3 is 2.96 bits per heavy atom. The highest BCUT2D eigenvalue weighted by atomic mass is 31.2. The van der Waals surface area contributed by atoms with E-state index in [2.05, 4.69) is 14.5 Å². The van der Waals surface area contributed by atoms with Gasteiger partial charge in [0.2, 0.25) is 5.95 Å². The van der Waals surface area contributed by atoms with Gasteiger partial charge in [0.25, 0.3) is 5.56 Å². The van der Waals surface area contributed by atoms with Crippen LogP contribution in [0, 0.1) is 0 Å². The second kappa shape index (κ2) is 7.10. The van der Waals surface area contributed by atoms with E-state index in [0.717, 1.165) is 12.7 Å². The number of aromatic nitrogens is 3. The summed E-state index contributed by atoms with van der Waals surface area (Å²) in [6, 6.07) is 0. The van der Waals surface area contributed by atoms with E-state index in [1.807, 2.05) is 6.92 Å². The Morgan fingerprint density at radius 2 is 2.31 bits per heavy atom. The van der Waals surface area contributed by atoms with E-state index in [0.29, 0.717) is 17.5 Å². The van der Waals surface area contributed by atoms with E-state index in [1.54, 1.807) is 10.8 Å². The molecule has 0 aliphatic carbocycles. The lowest BCUT2D eigenvalue weighted by molar-refractivity contribution is -0.0430. The van der Waals surface area contributed by atoms with Crippen molar-refractivity contribution in [3.05, 3.63) is 22.1 Å². The molecule has 0 aromatic carbocycles. The van der Waals surface area contributed by atoms with Crippen LogP contribution in [0.3, 0.4) is 0 Å². The third-order valence-corrected chi connectivity index (χ3v) is 5.24. The van der Waals surface area contributed by atoms with Gasteiger partial charge < -0.3 is 25.0 Å². The van der Waals surface area contributed by atoms with Crippen molar-refractivity contribution in [2.75, 3.05) is 19.5 Å². The number of aliphatic hydroxyl groups excluding tert-OH is 1. The van der Waals surface area contributed by atoms with Gasteiger partial charge in [0.05, 0.1) is 18.1 Å². The zero-order valence-electron chi connectivity index (χ0n) is 14.3. The summed E-state index contributed by atoms with van der Waals surface area (Å²) in [5.74, 6) is -0.0238. The molecule has 5 N–H and O–H groups in total. The smallest absolute Gasteiger partial charge is 0.390 e. The molecular weight excluding hydrogens is 367 g/mol. The average Bonchev–Trinajstić information content (AvgIpc) is 3.13. The van der Waals surface area contributed by atoms with Gasteiger partial charge >= 0.3 is 7.82 Å². The third-order valence-electron chi connectivity index (χ3n) is 4.31. The molecule has 144 valence electrons. The standard InChI is InChI=1S/C14H21N4O7P/c1-3-7-5-18(12-11(7)13(20)17-14(15)16-12)10-4-8(19)9(25-10)6-24-26(21,22)23-2/h5,8-10,19H,3-4,6H2,1-2H3,(H,21,22)(H3,15,16,17,20)/t8-,9-,10-/m1/s1. The minimum Gasteiger partial charge on any atom is -0.390 e. The lowest BCUT2D eigenvalue weighted by atomic mass is 10.2. The molecule has 2 aromatic rings. The van der Waals surface area contributed by atoms with Crippen molar-refractivity contribution >= 4 is 24.8 Å². The Kier molecular flexibility index (Phi) is 5.20. The first-order chi connectivity index (χ1) is 12.3. The van der Waals surface area contributed by atoms with Crippen molar-refractivity contribution in [3.63, 3.8) is 0 Å². The molecule has 0 radical (unpaired) electrons. The van der Waals surface area contributed by atoms with Crippen LogP contribution in [0.15, 0.2) is 11.0 Å². The maximum absolute atomic E-state index is 12.2. The molecule has 1 aliphatic rings. The lowest BCUT2D eigenvalue weighted by Gasteiger charge is -2.17. The molecule has 0 bridgehead atoms. The van der Waals surface area contributed by atoms with Crippen molar-refractivity contribution in [2.45, 2.75) is 38.2 Å². The van der Waals surface area contributed by atoms with E-state index < -0.39 is 26.3 Å². The monoisotopic (exact) mass is 388 g/mol. The number of phosphoric acid groups is 1. The van der Waals surface area contributed by atoms with E-state index in [9.17, 15) is 19.4 Å². The molecule has 4 atom stereocenters. The third kappa shape index (κ3) is 3.54. The van der Waals surface area contributed by atoms with Crippen molar-refractivity contribution in [1.82, 2.24) is 14.5 Å². The second-order valence-electron chi connectivity index (χ2n) is 5.94. The van der Waals surface area contributed by atoms with Crippen LogP contribution in [-0.4, -0.2) is 50.5 Å². The molecule has 0 amide bonds. The molecule has 3 rings (SSSR count). The van der Waals surface area contributed by atoms with Crippen molar-refractivity contribution in [1.29, 1.82) is 0 Å². The maximum atomic E-state index is 12.2. The SMILES string of the molecule is CCc1cn([C@H]2C[C@@H](O)[C@@H](COP(=O)(O)OC)O2)c2nc(N)[nH]c(=O)c12. The van der Waals surface area contributed by atoms with Crippen LogP contribution >= 0.6 is 7.82 Å². The summed E-state index contributed by atoms with van der Waals surface area (Å²) in [6.07, 6.45) is 0.130. The molecule has 2 aromatic heterocycles. The first kappa shape index (κ1) is 19.0. The van der Waals surface area contributed by atoms with Gasteiger partial charge in [-0.3, -0.25) is 18.8 Å². The number of phosphoric ester groups is 1. The molecule has 3 heterocycles. The number of rotatable bonds is 6. The van der Waals surface area contributed by atoms with Crippen molar-refractivity contribution in [3.8, 4) is 0 Å². The molecule has 1 aliphatic heterocycles. The molecular formula is C14H21N4O7P. The Labute approximate surface area is 148 Å². The minimum absolute atomic E-state index is 0.0238. The number of nitrogen functional groups attached to an aromatic ring is 1. The van der Waals surface area contributed by atoms with Crippen LogP contribution in [0.1, 0.15) is 25.1 Å². The number of aryl methyl sites for hydroxylation is 1. The van der Waals surface area contributed by atoms with Gasteiger partial charge in [-0.25, -0.2) is 4.57 Å². The molecule has 0 spiro atoms. The van der Waals surface area contributed by atoms with Crippen LogP contribution in [0.25, 0.3) is 11.0 Å². The fourth-order valence-corrected chi connectivity index (χ4v) is 3.43. The summed E-state index contributed by atoms with van der Waals surface area (Å²) in [6.45, 7) is 1.58. The second-order valence-corrected chi connectivity index (χ2v) is 7.50. The van der Waals surface area contributed by atoms with E-state index in [4.69, 9.17) is 15.0 Å². The quantitative estimate of drug-likeness (QED) is 0.509. The zero-order chi connectivity index (χ0) is 19.1. The van der Waals surface area contributed by atoms with Gasteiger partial charge in [0.15, 0.2) is 5.65 Å². The summed E-state index contributed by atoms with van der Waals surface area (Å²) in [5.41, 5.74) is 6.42. The van der Waals surface area contributed by atoms with E-state index in [-0.39, 0.29) is 24.5 Å². The van der Waals surface area contributed by atoms with Gasteiger partial charge in [-0.05, 0) is 12.0 Å². The van der Waals surface area contributed by atoms with Crippen LogP contribution in [0.4, 0.5) is 5.95 Å². The lowest BCUT2D eigenvalue weighted by Crippen LogP contribution is -2.26. The fraction of sp³-hybridized carbons (Fsp3) is 0.571. The van der Waals surface area contributed by atoms with E-state index >= 15 is 0 Å². The van der Waals surface area contributed by atoms with Gasteiger partial charge in [-0.2, -0.15) is 4.98 Å². The number of anilines is 1. The number of ether oxygens (including phenoxy) is 1. The number of nitrogens with one attached hydrogen (secondary N) is 1. The van der Waals surface area contributed by atoms with Gasteiger partial charge in [0.1, 0.15) is 12.3 Å². The number of nitrogens with zero attached hydrogens (tertiary/aromatic N) is 2. The number of hydrogen-bond donors (Lipinski definition) is 4. The highest BCUT2D eigenvalue weighted by molar-refractivity contribution is 7.47. The Bertz CT molecular complexity index is 911. The average molecular weight is 388 g/mol. The molecule has 0 saturated carbocycles. The summed E-state index contributed by atoms with van der Waals surface area (Å²) >= 11 is 0. The molecule has 1 saturated heterocycles. The molecule has 11 nitrogen and oxygen atoms in total. The molecule has 1 fully saturated rings. The van der Waals surface area contributed by atoms with Crippen LogP contribution < -0.4 is 11.3 Å². The number of aromatic amines is 1. The molecule has 26 heavy (non-hydrogen) atoms. The summed E-state index contributed by atoms with van der Waals surface area (Å²) in [7, 11) is -3.13. The predicted octanol–water partition coefficient (Wildman–Crippen LogP) is 0.281. The van der Waals surface area contributed by atoms with Crippen LogP contribution in [0.5, 0.6) is 0 Å². The number of fused-ring (bicyclic) bond motifs is 1. The zero-order valence-corrected chi connectivity index (χ0v) is 15.2. The Balaban J connectivity index is 1.88. The first-order valence-corrected chi connectivity index (χ1v) is 9.51. The first-order valence-electron chi connectivity index (χ1n) is 8.01. The maximum Gasteiger partial charge on any atom is 0.472 e.